The van der Waals surface area contributed by atoms with Crippen molar-refractivity contribution in [2.24, 2.45) is 0 Å². The molecule has 1 aliphatic heterocycles. The second-order valence-electron chi connectivity index (χ2n) is 6.07. The maximum atomic E-state index is 12.0. The van der Waals surface area contributed by atoms with E-state index in [0.29, 0.717) is 11.7 Å². The Labute approximate surface area is 141 Å². The van der Waals surface area contributed by atoms with E-state index in [9.17, 15) is 4.79 Å². The molecule has 2 heterocycles. The second-order valence-corrected chi connectivity index (χ2v) is 6.07. The summed E-state index contributed by atoms with van der Waals surface area (Å²) in [5, 5.41) is 9.35. The molecule has 0 aliphatic carbocycles. The first-order chi connectivity index (χ1) is 11.6. The summed E-state index contributed by atoms with van der Waals surface area (Å²) >= 11 is 0. The van der Waals surface area contributed by atoms with Crippen LogP contribution in [-0.2, 0) is 6.54 Å². The van der Waals surface area contributed by atoms with Crippen LogP contribution in [0.4, 0.5) is 10.5 Å². The molecule has 128 valence electrons. The van der Waals surface area contributed by atoms with Crippen LogP contribution in [0.15, 0.2) is 28.8 Å². The Morgan fingerprint density at radius 1 is 1.38 bits per heavy atom. The number of amides is 2. The molecule has 2 N–H and O–H groups in total. The molecule has 0 bridgehead atoms. The van der Waals surface area contributed by atoms with E-state index in [1.807, 2.05) is 19.1 Å². The van der Waals surface area contributed by atoms with Crippen molar-refractivity contribution in [3.8, 4) is 0 Å². The molecule has 2 amide bonds. The van der Waals surface area contributed by atoms with Gasteiger partial charge < -0.3 is 20.1 Å². The average Bonchev–Trinajstić information content (AvgIpc) is 3.24. The summed E-state index contributed by atoms with van der Waals surface area (Å²) < 4.78 is 4.97. The summed E-state index contributed by atoms with van der Waals surface area (Å²) in [4.78, 5) is 18.5. The van der Waals surface area contributed by atoms with Crippen LogP contribution < -0.4 is 15.5 Å². The molecule has 3 rings (SSSR count). The summed E-state index contributed by atoms with van der Waals surface area (Å²) in [6, 6.07) is 8.01. The topological polar surface area (TPSA) is 83.3 Å². The molecular weight excluding hydrogens is 306 g/mol. The minimum atomic E-state index is -0.259. The Balaban J connectivity index is 1.54. The van der Waals surface area contributed by atoms with Crippen molar-refractivity contribution in [1.82, 2.24) is 20.8 Å². The fraction of sp³-hybridized carbons (Fsp3) is 0.471. The Morgan fingerprint density at radius 3 is 2.88 bits per heavy atom. The number of nitrogens with one attached hydrogen (secondary N) is 2. The van der Waals surface area contributed by atoms with E-state index in [1.54, 1.807) is 6.92 Å². The van der Waals surface area contributed by atoms with E-state index in [4.69, 9.17) is 4.52 Å². The lowest BCUT2D eigenvalue weighted by molar-refractivity contribution is 0.235. The normalized spacial score (nSPS) is 15.3. The van der Waals surface area contributed by atoms with E-state index in [0.717, 1.165) is 18.7 Å². The number of carbonyl (C=O) groups is 1. The molecule has 1 atom stereocenters. The van der Waals surface area contributed by atoms with Crippen molar-refractivity contribution in [3.63, 3.8) is 0 Å². The van der Waals surface area contributed by atoms with Crippen molar-refractivity contribution in [3.05, 3.63) is 41.5 Å². The summed E-state index contributed by atoms with van der Waals surface area (Å²) in [6.45, 7) is 6.14. The molecular formula is C17H23N5O2. The first kappa shape index (κ1) is 16.3. The zero-order chi connectivity index (χ0) is 16.9. The van der Waals surface area contributed by atoms with Crippen LogP contribution in [0.2, 0.25) is 0 Å². The van der Waals surface area contributed by atoms with Gasteiger partial charge in [-0.15, -0.1) is 0 Å². The number of hydrogen-bond donors (Lipinski definition) is 2. The number of anilines is 1. The molecule has 7 heteroatoms. The van der Waals surface area contributed by atoms with Crippen LogP contribution in [0.1, 0.15) is 43.1 Å². The largest absolute Gasteiger partial charge is 0.372 e. The molecule has 1 unspecified atom stereocenters. The zero-order valence-corrected chi connectivity index (χ0v) is 14.1. The van der Waals surface area contributed by atoms with Crippen molar-refractivity contribution in [2.45, 2.75) is 39.3 Å². The molecule has 2 aromatic rings. The van der Waals surface area contributed by atoms with Crippen molar-refractivity contribution >= 4 is 11.7 Å². The van der Waals surface area contributed by atoms with Gasteiger partial charge >= 0.3 is 6.03 Å². The van der Waals surface area contributed by atoms with Gasteiger partial charge in [0, 0.05) is 18.8 Å². The van der Waals surface area contributed by atoms with Crippen molar-refractivity contribution in [2.75, 3.05) is 18.0 Å². The third-order valence-corrected chi connectivity index (χ3v) is 4.16. The highest BCUT2D eigenvalue weighted by Crippen LogP contribution is 2.23. The van der Waals surface area contributed by atoms with Crippen molar-refractivity contribution in [1.29, 1.82) is 0 Å². The van der Waals surface area contributed by atoms with Crippen LogP contribution in [0.5, 0.6) is 0 Å². The number of nitrogens with zero attached hydrogens (tertiary/aromatic N) is 3. The number of carbonyl (C=O) groups excluding carboxylic acids is 1. The lowest BCUT2D eigenvalue weighted by Crippen LogP contribution is -2.36. The van der Waals surface area contributed by atoms with Crippen LogP contribution in [0.25, 0.3) is 0 Å². The van der Waals surface area contributed by atoms with Gasteiger partial charge in [-0.1, -0.05) is 17.3 Å². The number of benzene rings is 1. The predicted molar refractivity (Wildman–Crippen MR) is 90.7 cm³/mol. The minimum absolute atomic E-state index is 0.0861. The highest BCUT2D eigenvalue weighted by Gasteiger charge is 2.15. The summed E-state index contributed by atoms with van der Waals surface area (Å²) in [6.07, 6.45) is 2.49. The third kappa shape index (κ3) is 4.04. The van der Waals surface area contributed by atoms with Gasteiger partial charge in [0.15, 0.2) is 5.82 Å². The first-order valence-corrected chi connectivity index (χ1v) is 8.30. The Kier molecular flexibility index (Phi) is 4.98. The number of rotatable bonds is 5. The summed E-state index contributed by atoms with van der Waals surface area (Å²) in [5.74, 6) is 0.950. The smallest absolute Gasteiger partial charge is 0.315 e. The number of urea groups is 1. The van der Waals surface area contributed by atoms with Gasteiger partial charge in [-0.3, -0.25) is 0 Å². The maximum absolute atomic E-state index is 12.0. The van der Waals surface area contributed by atoms with Gasteiger partial charge in [-0.05, 0) is 44.4 Å². The number of hydrogen-bond acceptors (Lipinski definition) is 5. The quantitative estimate of drug-likeness (QED) is 0.881. The van der Waals surface area contributed by atoms with Crippen LogP contribution in [0.3, 0.4) is 0 Å². The van der Waals surface area contributed by atoms with E-state index in [1.165, 1.54) is 18.5 Å². The van der Waals surface area contributed by atoms with E-state index >= 15 is 0 Å². The zero-order valence-electron chi connectivity index (χ0n) is 14.1. The predicted octanol–water partition coefficient (Wildman–Crippen LogP) is 2.54. The van der Waals surface area contributed by atoms with Crippen LogP contribution >= 0.6 is 0 Å². The Bertz CT molecular complexity index is 694. The summed E-state index contributed by atoms with van der Waals surface area (Å²) in [7, 11) is 0. The fourth-order valence-electron chi connectivity index (χ4n) is 2.86. The molecule has 1 aliphatic rings. The van der Waals surface area contributed by atoms with Crippen molar-refractivity contribution < 1.29 is 9.32 Å². The molecule has 0 spiro atoms. The number of aromatic nitrogens is 2. The highest BCUT2D eigenvalue weighted by atomic mass is 16.5. The van der Waals surface area contributed by atoms with Gasteiger partial charge in [0.25, 0.3) is 0 Å². The highest BCUT2D eigenvalue weighted by molar-refractivity contribution is 5.74. The van der Waals surface area contributed by atoms with Crippen LogP contribution in [-0.4, -0.2) is 29.3 Å². The monoisotopic (exact) mass is 329 g/mol. The second kappa shape index (κ2) is 7.33. The Hall–Kier alpha value is -2.57. The Morgan fingerprint density at radius 2 is 2.17 bits per heavy atom. The van der Waals surface area contributed by atoms with Gasteiger partial charge in [0.05, 0.1) is 12.6 Å². The molecule has 1 aromatic heterocycles. The van der Waals surface area contributed by atoms with E-state index in [2.05, 4.69) is 37.8 Å². The molecule has 24 heavy (non-hydrogen) atoms. The molecule has 0 radical (unpaired) electrons. The lowest BCUT2D eigenvalue weighted by Gasteiger charge is -2.20. The number of aryl methyl sites for hydroxylation is 1. The third-order valence-electron chi connectivity index (χ3n) is 4.16. The van der Waals surface area contributed by atoms with E-state index < -0.39 is 0 Å². The molecule has 7 nitrogen and oxygen atoms in total. The minimum Gasteiger partial charge on any atom is -0.372 e. The van der Waals surface area contributed by atoms with Gasteiger partial charge in [0.2, 0.25) is 5.89 Å². The molecule has 0 saturated carbocycles. The van der Waals surface area contributed by atoms with E-state index in [-0.39, 0.29) is 18.6 Å². The van der Waals surface area contributed by atoms with Gasteiger partial charge in [-0.25, -0.2) is 4.79 Å². The molecule has 1 aromatic carbocycles. The first-order valence-electron chi connectivity index (χ1n) is 8.30. The standard InChI is InChI=1S/C17H23N5O2/c1-12(19-17(23)18-11-16-20-13(2)21-24-16)14-6-5-7-15(10-14)22-8-3-4-9-22/h5-7,10,12H,3-4,8-9,11H2,1-2H3,(H2,18,19,23). The fourth-order valence-corrected chi connectivity index (χ4v) is 2.86. The lowest BCUT2D eigenvalue weighted by atomic mass is 10.1. The molecule has 1 fully saturated rings. The molecule has 1 saturated heterocycles. The maximum Gasteiger partial charge on any atom is 0.315 e. The van der Waals surface area contributed by atoms with Crippen LogP contribution in [0, 0.1) is 6.92 Å². The van der Waals surface area contributed by atoms with Gasteiger partial charge in [0.1, 0.15) is 0 Å². The average molecular weight is 329 g/mol. The SMILES string of the molecule is Cc1noc(CNC(=O)NC(C)c2cccc(N3CCCC3)c2)n1. The summed E-state index contributed by atoms with van der Waals surface area (Å²) in [5.41, 5.74) is 2.31. The van der Waals surface area contributed by atoms with Gasteiger partial charge in [-0.2, -0.15) is 4.98 Å².